The number of carbonyl (C=O) groups excluding carboxylic acids is 1. The van der Waals surface area contributed by atoms with Crippen LogP contribution >= 0.6 is 15.9 Å². The van der Waals surface area contributed by atoms with Crippen molar-refractivity contribution in [2.24, 2.45) is 0 Å². The van der Waals surface area contributed by atoms with Gasteiger partial charge in [-0.25, -0.2) is 0 Å². The van der Waals surface area contributed by atoms with Crippen LogP contribution in [0.15, 0.2) is 28.7 Å². The molecule has 1 aromatic carbocycles. The van der Waals surface area contributed by atoms with E-state index in [1.807, 2.05) is 31.3 Å². The van der Waals surface area contributed by atoms with Gasteiger partial charge in [-0.3, -0.25) is 4.79 Å². The van der Waals surface area contributed by atoms with E-state index in [9.17, 15) is 4.79 Å². The first-order chi connectivity index (χ1) is 9.66. The lowest BCUT2D eigenvalue weighted by molar-refractivity contribution is -0.130. The number of nitrogens with zero attached hydrogens (tertiary/aromatic N) is 1. The molecule has 4 heteroatoms. The number of hydrogen-bond acceptors (Lipinski definition) is 2. The van der Waals surface area contributed by atoms with Gasteiger partial charge in [-0.05, 0) is 24.5 Å². The van der Waals surface area contributed by atoms with Crippen LogP contribution in [0.25, 0.3) is 0 Å². The molecule has 0 saturated heterocycles. The number of rotatable bonds is 6. The van der Waals surface area contributed by atoms with Gasteiger partial charge in [-0.2, -0.15) is 0 Å². The number of amides is 1. The van der Waals surface area contributed by atoms with Crippen LogP contribution < -0.4 is 5.32 Å². The molecule has 0 unspecified atom stereocenters. The standard InChI is InChI=1S/C16H23BrN2O/c1-19(12-13-6-2-5-9-15(13)17)16(20)10-11-18-14-7-3-4-8-14/h2,5-6,9,14,18H,3-4,7-8,10-12H2,1H3. The third-order valence-electron chi connectivity index (χ3n) is 3.92. The van der Waals surface area contributed by atoms with Crippen molar-refractivity contribution in [2.75, 3.05) is 13.6 Å². The molecule has 0 aromatic heterocycles. The summed E-state index contributed by atoms with van der Waals surface area (Å²) in [6.07, 6.45) is 5.76. The molecule has 1 saturated carbocycles. The molecule has 0 aliphatic heterocycles. The van der Waals surface area contributed by atoms with Crippen molar-refractivity contribution in [3.05, 3.63) is 34.3 Å². The molecule has 0 spiro atoms. The molecule has 1 fully saturated rings. The summed E-state index contributed by atoms with van der Waals surface area (Å²) in [6, 6.07) is 8.68. The smallest absolute Gasteiger partial charge is 0.223 e. The highest BCUT2D eigenvalue weighted by molar-refractivity contribution is 9.10. The summed E-state index contributed by atoms with van der Waals surface area (Å²) in [7, 11) is 1.87. The summed E-state index contributed by atoms with van der Waals surface area (Å²) in [6.45, 7) is 1.45. The Bertz CT molecular complexity index is 444. The molecule has 0 atom stereocenters. The quantitative estimate of drug-likeness (QED) is 0.862. The number of halogens is 1. The Kier molecular flexibility index (Phi) is 6.05. The Balaban J connectivity index is 1.73. The molecule has 20 heavy (non-hydrogen) atoms. The number of carbonyl (C=O) groups is 1. The zero-order valence-corrected chi connectivity index (χ0v) is 13.7. The van der Waals surface area contributed by atoms with E-state index in [0.717, 1.165) is 16.6 Å². The van der Waals surface area contributed by atoms with Crippen LogP contribution in [0.3, 0.4) is 0 Å². The van der Waals surface area contributed by atoms with Gasteiger partial charge in [0.25, 0.3) is 0 Å². The summed E-state index contributed by atoms with van der Waals surface area (Å²) in [5.74, 6) is 0.200. The maximum absolute atomic E-state index is 12.1. The number of benzene rings is 1. The van der Waals surface area contributed by atoms with Crippen molar-refractivity contribution in [3.63, 3.8) is 0 Å². The van der Waals surface area contributed by atoms with E-state index in [1.165, 1.54) is 25.7 Å². The summed E-state index contributed by atoms with van der Waals surface area (Å²) in [5, 5.41) is 3.49. The molecule has 2 rings (SSSR count). The molecular weight excluding hydrogens is 316 g/mol. The van der Waals surface area contributed by atoms with Gasteiger partial charge in [-0.1, -0.05) is 47.0 Å². The van der Waals surface area contributed by atoms with Crippen molar-refractivity contribution in [1.29, 1.82) is 0 Å². The van der Waals surface area contributed by atoms with E-state index < -0.39 is 0 Å². The van der Waals surface area contributed by atoms with Gasteiger partial charge in [0.05, 0.1) is 0 Å². The molecule has 1 N–H and O–H groups in total. The number of nitrogens with one attached hydrogen (secondary N) is 1. The summed E-state index contributed by atoms with van der Waals surface area (Å²) >= 11 is 3.52. The lowest BCUT2D eigenvalue weighted by Gasteiger charge is -2.19. The maximum Gasteiger partial charge on any atom is 0.223 e. The van der Waals surface area contributed by atoms with Crippen LogP contribution in [0, 0.1) is 0 Å². The molecule has 1 amide bonds. The Morgan fingerprint density at radius 1 is 1.35 bits per heavy atom. The first-order valence-corrected chi connectivity index (χ1v) is 8.17. The van der Waals surface area contributed by atoms with E-state index in [1.54, 1.807) is 4.90 Å². The van der Waals surface area contributed by atoms with Gasteiger partial charge in [0.2, 0.25) is 5.91 Å². The van der Waals surface area contributed by atoms with Crippen LogP contribution in [0.1, 0.15) is 37.7 Å². The third kappa shape index (κ3) is 4.60. The molecule has 3 nitrogen and oxygen atoms in total. The second-order valence-electron chi connectivity index (χ2n) is 5.53. The lowest BCUT2D eigenvalue weighted by atomic mass is 10.2. The fourth-order valence-corrected chi connectivity index (χ4v) is 3.08. The predicted octanol–water partition coefficient (Wildman–Crippen LogP) is 3.33. The minimum absolute atomic E-state index is 0.200. The zero-order chi connectivity index (χ0) is 14.4. The third-order valence-corrected chi connectivity index (χ3v) is 4.69. The Labute approximate surface area is 129 Å². The molecule has 1 aromatic rings. The minimum Gasteiger partial charge on any atom is -0.341 e. The molecular formula is C16H23BrN2O. The van der Waals surface area contributed by atoms with E-state index in [4.69, 9.17) is 0 Å². The fraction of sp³-hybridized carbons (Fsp3) is 0.562. The van der Waals surface area contributed by atoms with Crippen molar-refractivity contribution in [1.82, 2.24) is 10.2 Å². The van der Waals surface area contributed by atoms with Crippen LogP contribution in [-0.4, -0.2) is 30.4 Å². The summed E-state index contributed by atoms with van der Waals surface area (Å²) < 4.78 is 1.06. The average Bonchev–Trinajstić information content (AvgIpc) is 2.94. The topological polar surface area (TPSA) is 32.3 Å². The SMILES string of the molecule is CN(Cc1ccccc1Br)C(=O)CCNC1CCCC1. The van der Waals surface area contributed by atoms with E-state index in [2.05, 4.69) is 21.2 Å². The van der Waals surface area contributed by atoms with Crippen molar-refractivity contribution in [3.8, 4) is 0 Å². The molecule has 1 aliphatic carbocycles. The Morgan fingerprint density at radius 2 is 2.05 bits per heavy atom. The van der Waals surface area contributed by atoms with E-state index >= 15 is 0 Å². The number of hydrogen-bond donors (Lipinski definition) is 1. The van der Waals surface area contributed by atoms with Crippen LogP contribution in [-0.2, 0) is 11.3 Å². The van der Waals surface area contributed by atoms with Crippen molar-refractivity contribution >= 4 is 21.8 Å². The van der Waals surface area contributed by atoms with Crippen LogP contribution in [0.5, 0.6) is 0 Å². The summed E-state index contributed by atoms with van der Waals surface area (Å²) in [5.41, 5.74) is 1.15. The Hall–Kier alpha value is -0.870. The van der Waals surface area contributed by atoms with Crippen molar-refractivity contribution in [2.45, 2.75) is 44.7 Å². The van der Waals surface area contributed by atoms with E-state index in [-0.39, 0.29) is 5.91 Å². The van der Waals surface area contributed by atoms with Gasteiger partial charge in [0.15, 0.2) is 0 Å². The van der Waals surface area contributed by atoms with Gasteiger partial charge in [-0.15, -0.1) is 0 Å². The second-order valence-corrected chi connectivity index (χ2v) is 6.38. The highest BCUT2D eigenvalue weighted by atomic mass is 79.9. The molecule has 0 heterocycles. The largest absolute Gasteiger partial charge is 0.341 e. The van der Waals surface area contributed by atoms with E-state index in [0.29, 0.717) is 19.0 Å². The van der Waals surface area contributed by atoms with Gasteiger partial charge in [0, 0.05) is 37.1 Å². The molecule has 0 bridgehead atoms. The lowest BCUT2D eigenvalue weighted by Crippen LogP contribution is -2.33. The zero-order valence-electron chi connectivity index (χ0n) is 12.1. The van der Waals surface area contributed by atoms with Gasteiger partial charge >= 0.3 is 0 Å². The van der Waals surface area contributed by atoms with Crippen LogP contribution in [0.4, 0.5) is 0 Å². The highest BCUT2D eigenvalue weighted by Gasteiger charge is 2.15. The molecule has 110 valence electrons. The van der Waals surface area contributed by atoms with Gasteiger partial charge in [0.1, 0.15) is 0 Å². The van der Waals surface area contributed by atoms with Gasteiger partial charge < -0.3 is 10.2 Å². The van der Waals surface area contributed by atoms with Crippen LogP contribution in [0.2, 0.25) is 0 Å². The monoisotopic (exact) mass is 338 g/mol. The molecule has 0 radical (unpaired) electrons. The highest BCUT2D eigenvalue weighted by Crippen LogP contribution is 2.18. The summed E-state index contributed by atoms with van der Waals surface area (Å²) in [4.78, 5) is 13.9. The first kappa shape index (κ1) is 15.5. The Morgan fingerprint density at radius 3 is 2.75 bits per heavy atom. The first-order valence-electron chi connectivity index (χ1n) is 7.37. The fourth-order valence-electron chi connectivity index (χ4n) is 2.67. The maximum atomic E-state index is 12.1. The normalized spacial score (nSPS) is 15.5. The average molecular weight is 339 g/mol. The van der Waals surface area contributed by atoms with Crippen molar-refractivity contribution < 1.29 is 4.79 Å². The second kappa shape index (κ2) is 7.79. The predicted molar refractivity (Wildman–Crippen MR) is 85.5 cm³/mol. The molecule has 1 aliphatic rings. The minimum atomic E-state index is 0.200.